The second kappa shape index (κ2) is 8.00. The zero-order valence-electron chi connectivity index (χ0n) is 13.8. The molecule has 3 N–H and O–H groups in total. The van der Waals surface area contributed by atoms with Crippen LogP contribution in [0, 0.1) is 5.82 Å². The fourth-order valence-corrected chi connectivity index (χ4v) is 2.86. The molecule has 2 aromatic carbocycles. The topological polar surface area (TPSA) is 100 Å². The maximum absolute atomic E-state index is 13.7. The van der Waals surface area contributed by atoms with Gasteiger partial charge in [-0.2, -0.15) is 0 Å². The molecule has 1 aromatic heterocycles. The van der Waals surface area contributed by atoms with Crippen molar-refractivity contribution in [1.29, 1.82) is 0 Å². The van der Waals surface area contributed by atoms with Crippen molar-refractivity contribution in [2.45, 2.75) is 13.2 Å². The predicted octanol–water partition coefficient (Wildman–Crippen LogP) is 2.49. The minimum absolute atomic E-state index is 0.0837. The summed E-state index contributed by atoms with van der Waals surface area (Å²) in [6, 6.07) is 10.1. The lowest BCUT2D eigenvalue weighted by Gasteiger charge is -2.15. The van der Waals surface area contributed by atoms with Crippen LogP contribution in [0.5, 0.6) is 11.5 Å². The minimum Gasteiger partial charge on any atom is -0.493 e. The van der Waals surface area contributed by atoms with E-state index in [-0.39, 0.29) is 18.4 Å². The van der Waals surface area contributed by atoms with E-state index in [0.717, 1.165) is 5.56 Å². The van der Waals surface area contributed by atoms with Crippen LogP contribution in [0.4, 0.5) is 10.3 Å². The third kappa shape index (κ3) is 4.02. The third-order valence-electron chi connectivity index (χ3n) is 3.55. The molecule has 0 saturated heterocycles. The first-order chi connectivity index (χ1) is 12.6. The Morgan fingerprint density at radius 2 is 2.12 bits per heavy atom. The van der Waals surface area contributed by atoms with Gasteiger partial charge in [-0.15, -0.1) is 4.79 Å². The molecule has 136 valence electrons. The molecule has 10 heteroatoms. The highest BCUT2D eigenvalue weighted by Crippen LogP contribution is 2.37. The highest BCUT2D eigenvalue weighted by atomic mass is 79.9. The van der Waals surface area contributed by atoms with E-state index in [9.17, 15) is 4.39 Å². The Bertz CT molecular complexity index is 904. The molecule has 0 aliphatic heterocycles. The summed E-state index contributed by atoms with van der Waals surface area (Å²) in [6.07, 6.45) is 0. The first kappa shape index (κ1) is 17.9. The smallest absolute Gasteiger partial charge is 0.260 e. The van der Waals surface area contributed by atoms with Gasteiger partial charge in [-0.25, -0.2) is 4.39 Å². The van der Waals surface area contributed by atoms with Crippen LogP contribution < -0.4 is 20.6 Å². The third-order valence-corrected chi connectivity index (χ3v) is 4.13. The highest BCUT2D eigenvalue weighted by molar-refractivity contribution is 9.10. The van der Waals surface area contributed by atoms with Gasteiger partial charge in [-0.05, 0) is 50.1 Å². The second-order valence-electron chi connectivity index (χ2n) is 5.27. The second-order valence-corrected chi connectivity index (χ2v) is 6.13. The molecule has 0 spiro atoms. The monoisotopic (exact) mass is 422 g/mol. The van der Waals surface area contributed by atoms with E-state index in [2.05, 4.69) is 36.9 Å². The van der Waals surface area contributed by atoms with E-state index >= 15 is 0 Å². The molecule has 0 radical (unpaired) electrons. The zero-order chi connectivity index (χ0) is 18.5. The number of hydrogen-bond acceptors (Lipinski definition) is 7. The molecule has 3 aromatic rings. The number of aromatic nitrogens is 4. The van der Waals surface area contributed by atoms with E-state index in [1.54, 1.807) is 24.3 Å². The Labute approximate surface area is 157 Å². The Morgan fingerprint density at radius 3 is 2.81 bits per heavy atom. The van der Waals surface area contributed by atoms with E-state index in [0.29, 0.717) is 28.1 Å². The maximum Gasteiger partial charge on any atom is 0.260 e. The number of nitrogens with one attached hydrogen (secondary N) is 1. The van der Waals surface area contributed by atoms with Gasteiger partial charge in [0.25, 0.3) is 5.95 Å². The molecule has 0 unspecified atom stereocenters. The molecule has 26 heavy (non-hydrogen) atoms. The van der Waals surface area contributed by atoms with Crippen LogP contribution in [0.3, 0.4) is 0 Å². The Kier molecular flexibility index (Phi) is 5.52. The summed E-state index contributed by atoms with van der Waals surface area (Å²) in [4.78, 5) is 1.27. The fourth-order valence-electron chi connectivity index (χ4n) is 2.25. The van der Waals surface area contributed by atoms with Crippen LogP contribution in [-0.2, 0) is 13.2 Å². The number of halogens is 2. The molecule has 0 aliphatic carbocycles. The first-order valence-corrected chi connectivity index (χ1v) is 8.38. The maximum atomic E-state index is 13.7. The largest absolute Gasteiger partial charge is 0.493 e. The van der Waals surface area contributed by atoms with Crippen molar-refractivity contribution < 1.29 is 13.9 Å². The number of rotatable bonds is 7. The molecular formula is C16H16BrFN6O2. The molecular weight excluding hydrogens is 407 g/mol. The highest BCUT2D eigenvalue weighted by Gasteiger charge is 2.13. The average molecular weight is 423 g/mol. The normalized spacial score (nSPS) is 10.6. The fraction of sp³-hybridized carbons (Fsp3) is 0.188. The van der Waals surface area contributed by atoms with Crippen molar-refractivity contribution in [2.75, 3.05) is 18.3 Å². The van der Waals surface area contributed by atoms with Gasteiger partial charge in [0, 0.05) is 5.56 Å². The molecule has 0 atom stereocenters. The zero-order valence-corrected chi connectivity index (χ0v) is 15.4. The van der Waals surface area contributed by atoms with E-state index < -0.39 is 0 Å². The molecule has 0 bridgehead atoms. The van der Waals surface area contributed by atoms with Crippen molar-refractivity contribution in [2.24, 2.45) is 0 Å². The molecule has 0 aliphatic rings. The Morgan fingerprint density at radius 1 is 1.31 bits per heavy atom. The molecule has 0 amide bonds. The van der Waals surface area contributed by atoms with E-state index in [1.807, 2.05) is 6.07 Å². The standard InChI is InChI=1S/C16H16BrFN6O2/c1-25-14-7-10(8-20-24-16(19)21-22-23-24)6-12(17)15(14)26-9-11-4-2-3-5-13(11)18/h2-7,20H,8-9H2,1H3,(H2,19,21,23). The molecule has 3 rings (SSSR count). The Hall–Kier alpha value is -2.88. The first-order valence-electron chi connectivity index (χ1n) is 7.59. The lowest BCUT2D eigenvalue weighted by atomic mass is 10.2. The van der Waals surface area contributed by atoms with Gasteiger partial charge in [0.15, 0.2) is 11.5 Å². The average Bonchev–Trinajstić information content (AvgIpc) is 3.04. The number of tetrazole rings is 1. The van der Waals surface area contributed by atoms with Gasteiger partial charge in [-0.3, -0.25) is 0 Å². The summed E-state index contributed by atoms with van der Waals surface area (Å²) in [6.45, 7) is 0.484. The lowest BCUT2D eigenvalue weighted by Crippen LogP contribution is -2.18. The number of methoxy groups -OCH3 is 1. The Balaban J connectivity index is 1.74. The molecule has 1 heterocycles. The van der Waals surface area contributed by atoms with Crippen LogP contribution in [0.2, 0.25) is 0 Å². The predicted molar refractivity (Wildman–Crippen MR) is 96.7 cm³/mol. The summed E-state index contributed by atoms with van der Waals surface area (Å²) in [5, 5.41) is 10.7. The number of ether oxygens (including phenoxy) is 2. The summed E-state index contributed by atoms with van der Waals surface area (Å²) >= 11 is 3.47. The van der Waals surface area contributed by atoms with Crippen molar-refractivity contribution in [3.8, 4) is 11.5 Å². The van der Waals surface area contributed by atoms with Crippen molar-refractivity contribution in [3.05, 3.63) is 57.8 Å². The van der Waals surface area contributed by atoms with Crippen molar-refractivity contribution in [1.82, 2.24) is 20.3 Å². The number of benzene rings is 2. The van der Waals surface area contributed by atoms with Crippen LogP contribution in [0.1, 0.15) is 11.1 Å². The van der Waals surface area contributed by atoms with Crippen LogP contribution >= 0.6 is 15.9 Å². The lowest BCUT2D eigenvalue weighted by molar-refractivity contribution is 0.277. The number of nitrogen functional groups attached to an aromatic ring is 1. The summed E-state index contributed by atoms with van der Waals surface area (Å²) < 4.78 is 25.6. The van der Waals surface area contributed by atoms with E-state index in [4.69, 9.17) is 15.2 Å². The van der Waals surface area contributed by atoms with Gasteiger partial charge in [0.1, 0.15) is 12.4 Å². The van der Waals surface area contributed by atoms with Gasteiger partial charge in [-0.1, -0.05) is 23.3 Å². The van der Waals surface area contributed by atoms with Crippen LogP contribution in [0.15, 0.2) is 40.9 Å². The number of nitrogens with two attached hydrogens (primary N) is 1. The molecule has 0 fully saturated rings. The number of nitrogens with zero attached hydrogens (tertiary/aromatic N) is 4. The van der Waals surface area contributed by atoms with Crippen LogP contribution in [0.25, 0.3) is 0 Å². The van der Waals surface area contributed by atoms with Gasteiger partial charge >= 0.3 is 0 Å². The van der Waals surface area contributed by atoms with Crippen molar-refractivity contribution >= 4 is 21.9 Å². The molecule has 8 nitrogen and oxygen atoms in total. The van der Waals surface area contributed by atoms with Crippen LogP contribution in [-0.4, -0.2) is 27.4 Å². The molecule has 0 saturated carbocycles. The quantitative estimate of drug-likeness (QED) is 0.602. The van der Waals surface area contributed by atoms with E-state index in [1.165, 1.54) is 18.0 Å². The van der Waals surface area contributed by atoms with Crippen molar-refractivity contribution in [3.63, 3.8) is 0 Å². The van der Waals surface area contributed by atoms with Gasteiger partial charge in [0.05, 0.1) is 18.1 Å². The van der Waals surface area contributed by atoms with Gasteiger partial charge < -0.3 is 20.6 Å². The summed E-state index contributed by atoms with van der Waals surface area (Å²) in [5.41, 5.74) is 9.90. The summed E-state index contributed by atoms with van der Waals surface area (Å²) in [7, 11) is 1.54. The number of hydrogen-bond donors (Lipinski definition) is 2. The SMILES string of the molecule is COc1cc(CNn2nnnc2N)cc(Br)c1OCc1ccccc1F. The van der Waals surface area contributed by atoms with Gasteiger partial charge in [0.2, 0.25) is 0 Å². The minimum atomic E-state index is -0.317. The summed E-state index contributed by atoms with van der Waals surface area (Å²) in [5.74, 6) is 0.835. The number of anilines is 1.